The molecule has 0 unspecified atom stereocenters. The third kappa shape index (κ3) is 4.27. The van der Waals surface area contributed by atoms with Crippen LogP contribution in [0.2, 0.25) is 10.0 Å². The van der Waals surface area contributed by atoms with E-state index in [-0.39, 0.29) is 15.7 Å². The van der Waals surface area contributed by atoms with Gasteiger partial charge in [-0.1, -0.05) is 47.1 Å². The number of aliphatic imine (C=N–C) groups is 1. The van der Waals surface area contributed by atoms with Gasteiger partial charge in [-0.3, -0.25) is 10.1 Å². The maximum Gasteiger partial charge on any atom is 0.270 e. The van der Waals surface area contributed by atoms with E-state index in [1.54, 1.807) is 12.1 Å². The third-order valence-corrected chi connectivity index (χ3v) is 4.79. The van der Waals surface area contributed by atoms with Crippen LogP contribution in [0.3, 0.4) is 0 Å². The molecule has 132 valence electrons. The molecular formula is C16H9Cl2FN4O2S. The van der Waals surface area contributed by atoms with E-state index < -0.39 is 10.7 Å². The second-order valence-electron chi connectivity index (χ2n) is 5.07. The number of halogens is 3. The lowest BCUT2D eigenvalue weighted by Crippen LogP contribution is -2.11. The van der Waals surface area contributed by atoms with Gasteiger partial charge < -0.3 is 0 Å². The highest BCUT2D eigenvalue weighted by Crippen LogP contribution is 2.27. The Bertz CT molecular complexity index is 979. The molecule has 1 aliphatic heterocycles. The number of non-ortho nitro benzene ring substituents is 1. The molecule has 2 aromatic rings. The van der Waals surface area contributed by atoms with E-state index in [9.17, 15) is 14.5 Å². The second-order valence-corrected chi connectivity index (χ2v) is 6.83. The van der Waals surface area contributed by atoms with Crippen LogP contribution >= 0.6 is 35.0 Å². The number of benzene rings is 2. The molecule has 3 rings (SSSR count). The minimum atomic E-state index is -0.586. The topological polar surface area (TPSA) is 80.2 Å². The van der Waals surface area contributed by atoms with Crippen LogP contribution in [-0.4, -0.2) is 27.8 Å². The van der Waals surface area contributed by atoms with Gasteiger partial charge >= 0.3 is 0 Å². The fourth-order valence-electron chi connectivity index (χ4n) is 2.08. The van der Waals surface area contributed by atoms with Gasteiger partial charge in [0.15, 0.2) is 0 Å². The summed E-state index contributed by atoms with van der Waals surface area (Å²) in [6.45, 7) is 0. The van der Waals surface area contributed by atoms with Crippen LogP contribution in [0.1, 0.15) is 11.1 Å². The van der Waals surface area contributed by atoms with Crippen molar-refractivity contribution in [3.63, 3.8) is 0 Å². The highest BCUT2D eigenvalue weighted by atomic mass is 35.5. The van der Waals surface area contributed by atoms with E-state index in [1.807, 2.05) is 0 Å². The number of thioether (sulfide) groups is 1. The predicted molar refractivity (Wildman–Crippen MR) is 104 cm³/mol. The van der Waals surface area contributed by atoms with Gasteiger partial charge in [0.1, 0.15) is 5.82 Å². The van der Waals surface area contributed by atoms with Crippen LogP contribution in [0.15, 0.2) is 51.6 Å². The van der Waals surface area contributed by atoms with Gasteiger partial charge in [-0.15, -0.1) is 5.10 Å². The van der Waals surface area contributed by atoms with E-state index in [0.29, 0.717) is 27.8 Å². The Hall–Kier alpha value is -2.29. The standard InChI is InChI=1S/C16H9Cl2FN4O2S/c17-12-6-13(18)14(19)5-11(12)15-8-26-16(22-21-15)20-7-9-2-1-3-10(4-9)23(24)25/h1-7H,8H2/b20-7+. The molecule has 1 aliphatic rings. The van der Waals surface area contributed by atoms with Crippen LogP contribution in [-0.2, 0) is 0 Å². The number of amidine groups is 1. The Morgan fingerprint density at radius 2 is 2.04 bits per heavy atom. The zero-order valence-corrected chi connectivity index (χ0v) is 15.2. The maximum atomic E-state index is 13.6. The van der Waals surface area contributed by atoms with Gasteiger partial charge in [-0.2, -0.15) is 5.10 Å². The number of nitrogens with zero attached hydrogens (tertiary/aromatic N) is 4. The number of rotatable bonds is 3. The molecule has 0 bridgehead atoms. The Labute approximate surface area is 161 Å². The molecule has 0 saturated carbocycles. The fourth-order valence-corrected chi connectivity index (χ4v) is 3.28. The van der Waals surface area contributed by atoms with Gasteiger partial charge in [0.2, 0.25) is 5.17 Å². The van der Waals surface area contributed by atoms with Gasteiger partial charge in [-0.25, -0.2) is 9.38 Å². The first-order valence-corrected chi connectivity index (χ1v) is 8.89. The van der Waals surface area contributed by atoms with Crippen molar-refractivity contribution in [3.05, 3.63) is 73.5 Å². The summed E-state index contributed by atoms with van der Waals surface area (Å²) in [6.07, 6.45) is 1.47. The first-order valence-electron chi connectivity index (χ1n) is 7.15. The first-order chi connectivity index (χ1) is 12.4. The summed E-state index contributed by atoms with van der Waals surface area (Å²) in [5.74, 6) is -0.191. The first kappa shape index (κ1) is 18.5. The molecule has 0 radical (unpaired) electrons. The third-order valence-electron chi connectivity index (χ3n) is 3.32. The molecule has 0 N–H and O–H groups in total. The number of nitro benzene ring substituents is 1. The largest absolute Gasteiger partial charge is 0.270 e. The van der Waals surface area contributed by atoms with E-state index in [1.165, 1.54) is 42.2 Å². The molecule has 0 amide bonds. The second kappa shape index (κ2) is 7.94. The summed E-state index contributed by atoms with van der Waals surface area (Å²) in [5.41, 5.74) is 1.48. The van der Waals surface area contributed by atoms with E-state index in [4.69, 9.17) is 23.2 Å². The zero-order valence-electron chi connectivity index (χ0n) is 12.9. The predicted octanol–water partition coefficient (Wildman–Crippen LogP) is 4.97. The van der Waals surface area contributed by atoms with Crippen molar-refractivity contribution in [1.82, 2.24) is 0 Å². The van der Waals surface area contributed by atoms with Crippen LogP contribution in [0, 0.1) is 15.9 Å². The number of hydrogen-bond donors (Lipinski definition) is 0. The monoisotopic (exact) mass is 410 g/mol. The molecule has 0 spiro atoms. The minimum Gasteiger partial charge on any atom is -0.258 e. The van der Waals surface area contributed by atoms with Crippen molar-refractivity contribution in [1.29, 1.82) is 0 Å². The summed E-state index contributed by atoms with van der Waals surface area (Å²) < 4.78 is 13.6. The van der Waals surface area contributed by atoms with Gasteiger partial charge in [0, 0.05) is 29.7 Å². The van der Waals surface area contributed by atoms with Crippen molar-refractivity contribution in [3.8, 4) is 0 Å². The van der Waals surface area contributed by atoms with Crippen molar-refractivity contribution in [2.75, 3.05) is 5.75 Å². The quantitative estimate of drug-likeness (QED) is 0.310. The van der Waals surface area contributed by atoms with Crippen molar-refractivity contribution in [2.24, 2.45) is 15.2 Å². The van der Waals surface area contributed by atoms with Crippen molar-refractivity contribution >= 4 is 57.7 Å². The molecule has 0 saturated heterocycles. The zero-order chi connectivity index (χ0) is 18.7. The molecule has 0 fully saturated rings. The number of hydrogen-bond acceptors (Lipinski definition) is 6. The van der Waals surface area contributed by atoms with E-state index in [2.05, 4.69) is 15.2 Å². The Kier molecular flexibility index (Phi) is 5.65. The van der Waals surface area contributed by atoms with Gasteiger partial charge in [-0.05, 0) is 17.7 Å². The summed E-state index contributed by atoms with van der Waals surface area (Å²) >= 11 is 13.1. The summed E-state index contributed by atoms with van der Waals surface area (Å²) in [6, 6.07) is 8.61. The summed E-state index contributed by atoms with van der Waals surface area (Å²) in [7, 11) is 0. The maximum absolute atomic E-state index is 13.6. The minimum absolute atomic E-state index is 0.0214. The van der Waals surface area contributed by atoms with Crippen molar-refractivity contribution in [2.45, 2.75) is 0 Å². The smallest absolute Gasteiger partial charge is 0.258 e. The molecule has 26 heavy (non-hydrogen) atoms. The molecule has 6 nitrogen and oxygen atoms in total. The molecule has 0 atom stereocenters. The lowest BCUT2D eigenvalue weighted by molar-refractivity contribution is -0.384. The van der Waals surface area contributed by atoms with Crippen molar-refractivity contribution < 1.29 is 9.31 Å². The molecule has 1 heterocycles. The van der Waals surface area contributed by atoms with Crippen LogP contribution in [0.25, 0.3) is 0 Å². The molecular weight excluding hydrogens is 402 g/mol. The highest BCUT2D eigenvalue weighted by molar-refractivity contribution is 8.14. The summed E-state index contributed by atoms with van der Waals surface area (Å²) in [5, 5.41) is 19.4. The Balaban J connectivity index is 1.80. The van der Waals surface area contributed by atoms with E-state index >= 15 is 0 Å². The van der Waals surface area contributed by atoms with Gasteiger partial charge in [0.25, 0.3) is 5.69 Å². The van der Waals surface area contributed by atoms with Crippen LogP contribution in [0.5, 0.6) is 0 Å². The van der Waals surface area contributed by atoms with Gasteiger partial charge in [0.05, 0.1) is 20.7 Å². The lowest BCUT2D eigenvalue weighted by atomic mass is 10.1. The SMILES string of the molecule is O=[N+]([O-])c1cccc(/C=N/C2=NN=C(c3cc(F)c(Cl)cc3Cl)CS2)c1. The fraction of sp³-hybridized carbons (Fsp3) is 0.0625. The summed E-state index contributed by atoms with van der Waals surface area (Å²) in [4.78, 5) is 14.5. The van der Waals surface area contributed by atoms with Crippen LogP contribution in [0.4, 0.5) is 10.1 Å². The van der Waals surface area contributed by atoms with Crippen LogP contribution < -0.4 is 0 Å². The molecule has 0 aromatic heterocycles. The average Bonchev–Trinajstić information content (AvgIpc) is 2.64. The normalized spacial score (nSPS) is 14.3. The lowest BCUT2D eigenvalue weighted by Gasteiger charge is -2.11. The molecule has 0 aliphatic carbocycles. The number of nitro groups is 1. The Morgan fingerprint density at radius 1 is 1.23 bits per heavy atom. The highest BCUT2D eigenvalue weighted by Gasteiger charge is 2.17. The molecule has 2 aromatic carbocycles. The van der Waals surface area contributed by atoms with E-state index in [0.717, 1.165) is 0 Å². The molecule has 10 heteroatoms. The average molecular weight is 411 g/mol. The Morgan fingerprint density at radius 3 is 2.73 bits per heavy atom.